The quantitative estimate of drug-likeness (QED) is 0.242. The van der Waals surface area contributed by atoms with E-state index in [0.29, 0.717) is 12.5 Å². The summed E-state index contributed by atoms with van der Waals surface area (Å²) in [5, 5.41) is 0. The Balaban J connectivity index is 0.000000571. The lowest BCUT2D eigenvalue weighted by Crippen LogP contribution is -2.31. The van der Waals surface area contributed by atoms with Crippen molar-refractivity contribution >= 4 is 31.9 Å². The Labute approximate surface area is 287 Å². The van der Waals surface area contributed by atoms with Gasteiger partial charge in [0, 0.05) is 61.8 Å². The van der Waals surface area contributed by atoms with Crippen LogP contribution in [0, 0.1) is 0 Å². The first-order chi connectivity index (χ1) is 23.1. The number of rotatable bonds is 8. The van der Waals surface area contributed by atoms with Crippen LogP contribution in [0.4, 0.5) is 11.6 Å². The second-order valence-corrected chi connectivity index (χ2v) is 13.7. The van der Waals surface area contributed by atoms with E-state index in [1.54, 1.807) is 28.4 Å². The number of pyridine rings is 2. The highest BCUT2D eigenvalue weighted by Gasteiger charge is 2.18. The second kappa shape index (κ2) is 17.7. The SMILES string of the molecule is COc1cc(OC)cc(-c2ccc(N3CCCN(c4ccc(-c5cc(OC)cc(OC)c5)cn4)CC3)nc2)c1.CS(=O)(=O)O.CS(=O)(=O)O. The molecule has 4 aromatic rings. The normalized spacial score (nSPS) is 13.1. The van der Waals surface area contributed by atoms with E-state index in [9.17, 15) is 16.8 Å². The average Bonchev–Trinajstić information content (AvgIpc) is 3.33. The highest BCUT2D eigenvalue weighted by Crippen LogP contribution is 2.32. The second-order valence-electron chi connectivity index (χ2n) is 10.8. The fourth-order valence-electron chi connectivity index (χ4n) is 4.81. The molecule has 16 heteroatoms. The zero-order valence-corrected chi connectivity index (χ0v) is 29.9. The Morgan fingerprint density at radius 1 is 0.531 bits per heavy atom. The zero-order valence-electron chi connectivity index (χ0n) is 28.2. The maximum atomic E-state index is 9.19. The van der Waals surface area contributed by atoms with Crippen molar-refractivity contribution in [3.63, 3.8) is 0 Å². The largest absolute Gasteiger partial charge is 0.497 e. The third-order valence-corrected chi connectivity index (χ3v) is 7.01. The predicted molar refractivity (Wildman–Crippen MR) is 190 cm³/mol. The summed E-state index contributed by atoms with van der Waals surface area (Å²) in [5.74, 6) is 4.98. The molecule has 5 rings (SSSR count). The Morgan fingerprint density at radius 3 is 1.08 bits per heavy atom. The van der Waals surface area contributed by atoms with E-state index in [0.717, 1.165) is 89.5 Å². The number of hydrogen-bond acceptors (Lipinski definition) is 12. The van der Waals surface area contributed by atoms with Crippen LogP contribution in [0.5, 0.6) is 23.0 Å². The molecule has 1 saturated heterocycles. The van der Waals surface area contributed by atoms with Crippen LogP contribution in [0.1, 0.15) is 6.42 Å². The van der Waals surface area contributed by atoms with E-state index in [1.807, 2.05) is 48.8 Å². The highest BCUT2D eigenvalue weighted by atomic mass is 32.2. The van der Waals surface area contributed by atoms with Crippen molar-refractivity contribution in [3.8, 4) is 45.3 Å². The lowest BCUT2D eigenvalue weighted by Gasteiger charge is -2.23. The Morgan fingerprint density at radius 2 is 0.837 bits per heavy atom. The number of anilines is 2. The Hall–Kier alpha value is -4.64. The smallest absolute Gasteiger partial charge is 0.261 e. The highest BCUT2D eigenvalue weighted by molar-refractivity contribution is 7.85. The standard InChI is InChI=1S/C31H34N4O4.2CH4O3S/c1-36-26-14-24(15-27(18-26)37-2)22-6-8-30(32-20-22)34-10-5-11-35(13-12-34)31-9-7-23(21-33-31)25-16-28(38-3)19-29(17-25)39-4;2*1-5(2,3)4/h6-9,14-21H,5,10-13H2,1-4H3;2*1H3,(H,2,3,4). The van der Waals surface area contributed by atoms with Crippen molar-refractivity contribution in [2.75, 3.05) is 76.9 Å². The number of nitrogens with zero attached hydrogens (tertiary/aromatic N) is 4. The minimum Gasteiger partial charge on any atom is -0.497 e. The number of aromatic nitrogens is 2. The number of hydrogen-bond donors (Lipinski definition) is 2. The molecular formula is C33H42N4O10S2. The predicted octanol–water partition coefficient (Wildman–Crippen LogP) is 4.57. The first kappa shape index (κ1) is 38.8. The van der Waals surface area contributed by atoms with Crippen LogP contribution in [0.3, 0.4) is 0 Å². The van der Waals surface area contributed by atoms with Crippen molar-refractivity contribution in [1.29, 1.82) is 0 Å². The minimum atomic E-state index is -3.67. The van der Waals surface area contributed by atoms with Crippen LogP contribution < -0.4 is 28.7 Å². The molecule has 0 radical (unpaired) electrons. The molecule has 0 aliphatic carbocycles. The molecule has 0 bridgehead atoms. The van der Waals surface area contributed by atoms with Gasteiger partial charge in [-0.3, -0.25) is 9.11 Å². The third-order valence-electron chi connectivity index (χ3n) is 7.01. The summed E-state index contributed by atoms with van der Waals surface area (Å²) in [5.41, 5.74) is 4.05. The van der Waals surface area contributed by atoms with Crippen LogP contribution in [0.15, 0.2) is 73.1 Å². The maximum absolute atomic E-state index is 9.19. The Bertz CT molecular complexity index is 1680. The summed E-state index contributed by atoms with van der Waals surface area (Å²) in [4.78, 5) is 14.3. The van der Waals surface area contributed by atoms with E-state index in [2.05, 4.69) is 34.1 Å². The molecule has 2 aromatic carbocycles. The topological polar surface area (TPSA) is 178 Å². The number of benzene rings is 2. The van der Waals surface area contributed by atoms with Crippen molar-refractivity contribution in [3.05, 3.63) is 73.1 Å². The van der Waals surface area contributed by atoms with Gasteiger partial charge in [0.25, 0.3) is 20.2 Å². The lowest BCUT2D eigenvalue weighted by molar-refractivity contribution is 0.394. The first-order valence-corrected chi connectivity index (χ1v) is 18.5. The molecule has 3 heterocycles. The van der Waals surface area contributed by atoms with Crippen LogP contribution in [-0.4, -0.2) is 103 Å². The van der Waals surface area contributed by atoms with Crippen LogP contribution in [0.25, 0.3) is 22.3 Å². The molecule has 1 aliphatic heterocycles. The van der Waals surface area contributed by atoms with E-state index in [1.165, 1.54) is 0 Å². The van der Waals surface area contributed by atoms with E-state index in [-0.39, 0.29) is 0 Å². The summed E-state index contributed by atoms with van der Waals surface area (Å²) < 4.78 is 73.4. The van der Waals surface area contributed by atoms with Crippen LogP contribution >= 0.6 is 0 Å². The summed E-state index contributed by atoms with van der Waals surface area (Å²) in [7, 11) is -0.704. The van der Waals surface area contributed by atoms with Gasteiger partial charge in [-0.1, -0.05) is 0 Å². The number of ether oxygens (including phenoxy) is 4. The van der Waals surface area contributed by atoms with Gasteiger partial charge in [-0.15, -0.1) is 0 Å². The molecular weight excluding hydrogens is 677 g/mol. The van der Waals surface area contributed by atoms with Gasteiger partial charge in [-0.05, 0) is 66.1 Å². The molecule has 0 atom stereocenters. The first-order valence-electron chi connectivity index (χ1n) is 14.8. The maximum Gasteiger partial charge on any atom is 0.261 e. The molecule has 266 valence electrons. The van der Waals surface area contributed by atoms with E-state index < -0.39 is 20.2 Å². The van der Waals surface area contributed by atoms with Gasteiger partial charge in [-0.2, -0.15) is 16.8 Å². The van der Waals surface area contributed by atoms with Gasteiger partial charge >= 0.3 is 0 Å². The lowest BCUT2D eigenvalue weighted by atomic mass is 10.1. The van der Waals surface area contributed by atoms with Crippen LogP contribution in [-0.2, 0) is 20.2 Å². The van der Waals surface area contributed by atoms with Gasteiger partial charge in [0.15, 0.2) is 0 Å². The minimum absolute atomic E-state index is 0.715. The van der Waals surface area contributed by atoms with Gasteiger partial charge < -0.3 is 28.7 Å². The summed E-state index contributed by atoms with van der Waals surface area (Å²) >= 11 is 0. The molecule has 2 N–H and O–H groups in total. The van der Waals surface area contributed by atoms with Crippen LogP contribution in [0.2, 0.25) is 0 Å². The van der Waals surface area contributed by atoms with Crippen molar-refractivity contribution in [2.45, 2.75) is 6.42 Å². The van der Waals surface area contributed by atoms with Gasteiger partial charge in [0.2, 0.25) is 0 Å². The summed E-state index contributed by atoms with van der Waals surface area (Å²) in [6.45, 7) is 3.63. The summed E-state index contributed by atoms with van der Waals surface area (Å²) in [6, 6.07) is 20.1. The zero-order chi connectivity index (χ0) is 36.2. The fraction of sp³-hybridized carbons (Fsp3) is 0.333. The van der Waals surface area contributed by atoms with E-state index in [4.69, 9.17) is 38.0 Å². The molecule has 0 amide bonds. The molecule has 2 aromatic heterocycles. The molecule has 0 saturated carbocycles. The van der Waals surface area contributed by atoms with Gasteiger partial charge in [0.1, 0.15) is 34.6 Å². The summed E-state index contributed by atoms with van der Waals surface area (Å²) in [6.07, 6.45) is 6.28. The molecule has 1 fully saturated rings. The van der Waals surface area contributed by atoms with Crippen molar-refractivity contribution in [1.82, 2.24) is 9.97 Å². The molecule has 0 unspecified atom stereocenters. The molecule has 1 aliphatic rings. The van der Waals surface area contributed by atoms with Gasteiger partial charge in [-0.25, -0.2) is 9.97 Å². The van der Waals surface area contributed by atoms with Crippen molar-refractivity contribution < 1.29 is 44.9 Å². The van der Waals surface area contributed by atoms with E-state index >= 15 is 0 Å². The molecule has 14 nitrogen and oxygen atoms in total. The molecule has 49 heavy (non-hydrogen) atoms. The average molecular weight is 719 g/mol. The van der Waals surface area contributed by atoms with Gasteiger partial charge in [0.05, 0.1) is 41.0 Å². The monoisotopic (exact) mass is 718 g/mol. The van der Waals surface area contributed by atoms with Crippen molar-refractivity contribution in [2.24, 2.45) is 0 Å². The third kappa shape index (κ3) is 13.4. The number of methoxy groups -OCH3 is 4. The molecule has 0 spiro atoms. The fourth-order valence-corrected chi connectivity index (χ4v) is 4.81. The Kier molecular flexibility index (Phi) is 14.0.